The number of carbonyl (C=O) groups is 1. The molecule has 1 aliphatic heterocycles. The predicted molar refractivity (Wildman–Crippen MR) is 103 cm³/mol. The zero-order chi connectivity index (χ0) is 18.1. The van der Waals surface area contributed by atoms with Crippen LogP contribution in [0, 0.1) is 0 Å². The summed E-state index contributed by atoms with van der Waals surface area (Å²) in [5, 5.41) is 10.8. The second kappa shape index (κ2) is 7.09. The van der Waals surface area contributed by atoms with Crippen LogP contribution in [0.25, 0.3) is 0 Å². The number of carbonyl (C=O) groups excluding carboxylic acids is 1. The van der Waals surface area contributed by atoms with Crippen LogP contribution in [-0.2, 0) is 0 Å². The van der Waals surface area contributed by atoms with E-state index in [1.807, 2.05) is 66.7 Å². The Kier molecular flexibility index (Phi) is 4.66. The van der Waals surface area contributed by atoms with Crippen LogP contribution in [0.2, 0.25) is 0 Å². The van der Waals surface area contributed by atoms with E-state index in [1.54, 1.807) is 11.2 Å². The molecule has 3 atom stereocenters. The van der Waals surface area contributed by atoms with Gasteiger partial charge in [0.15, 0.2) is 5.78 Å². The molecule has 0 radical (unpaired) electrons. The maximum atomic E-state index is 13.3. The quantitative estimate of drug-likeness (QED) is 0.637. The molecule has 132 valence electrons. The zero-order valence-corrected chi connectivity index (χ0v) is 15.5. The van der Waals surface area contributed by atoms with Gasteiger partial charge in [-0.3, -0.25) is 4.79 Å². The van der Waals surface area contributed by atoms with Gasteiger partial charge in [0, 0.05) is 28.1 Å². The fourth-order valence-corrected chi connectivity index (χ4v) is 3.92. The number of furan rings is 1. The van der Waals surface area contributed by atoms with E-state index in [2.05, 4.69) is 15.9 Å². The van der Waals surface area contributed by atoms with Crippen LogP contribution in [0.1, 0.15) is 28.5 Å². The minimum Gasteiger partial charge on any atom is -0.469 e. The van der Waals surface area contributed by atoms with Gasteiger partial charge in [0.2, 0.25) is 0 Å². The number of hydrogen-bond acceptors (Lipinski definition) is 4. The maximum absolute atomic E-state index is 13.3. The fraction of sp³-hybridized carbons (Fsp3) is 0.190. The monoisotopic (exact) mass is 411 g/mol. The number of halogens is 1. The van der Waals surface area contributed by atoms with Gasteiger partial charge in [0.25, 0.3) is 0 Å². The Bertz CT molecular complexity index is 877. The lowest BCUT2D eigenvalue weighted by Crippen LogP contribution is -2.42. The van der Waals surface area contributed by atoms with Gasteiger partial charge in [-0.05, 0) is 36.4 Å². The summed E-state index contributed by atoms with van der Waals surface area (Å²) in [4.78, 5) is 15.1. The molecule has 3 aromatic rings. The molecule has 0 bridgehead atoms. The number of nitrogens with zero attached hydrogens (tertiary/aromatic N) is 1. The van der Waals surface area contributed by atoms with Crippen molar-refractivity contribution in [1.29, 1.82) is 0 Å². The van der Waals surface area contributed by atoms with E-state index in [-0.39, 0.29) is 11.7 Å². The molecule has 4 nitrogen and oxygen atoms in total. The lowest BCUT2D eigenvalue weighted by molar-refractivity contribution is 0.0944. The Hall–Kier alpha value is -2.37. The normalized spacial score (nSPS) is 22.5. The van der Waals surface area contributed by atoms with E-state index in [0.29, 0.717) is 12.0 Å². The molecule has 1 aliphatic rings. The van der Waals surface area contributed by atoms with Gasteiger partial charge in [0.1, 0.15) is 18.0 Å². The average molecular weight is 412 g/mol. The van der Waals surface area contributed by atoms with Crippen molar-refractivity contribution in [3.05, 3.63) is 88.8 Å². The molecule has 1 fully saturated rings. The van der Waals surface area contributed by atoms with E-state index in [1.165, 1.54) is 0 Å². The van der Waals surface area contributed by atoms with Crippen LogP contribution < -0.4 is 4.90 Å². The second-order valence-electron chi connectivity index (χ2n) is 6.40. The summed E-state index contributed by atoms with van der Waals surface area (Å²) in [6.45, 7) is 0. The van der Waals surface area contributed by atoms with E-state index >= 15 is 0 Å². The van der Waals surface area contributed by atoms with E-state index in [0.717, 1.165) is 15.9 Å². The molecule has 2 heterocycles. The summed E-state index contributed by atoms with van der Waals surface area (Å²) in [7, 11) is 0. The Labute approximate surface area is 160 Å². The first kappa shape index (κ1) is 17.1. The molecule has 1 aromatic heterocycles. The molecule has 2 aromatic carbocycles. The van der Waals surface area contributed by atoms with Gasteiger partial charge in [-0.1, -0.05) is 46.3 Å². The average Bonchev–Trinajstić information content (AvgIpc) is 3.30. The highest BCUT2D eigenvalue weighted by molar-refractivity contribution is 9.10. The highest BCUT2D eigenvalue weighted by atomic mass is 79.9. The summed E-state index contributed by atoms with van der Waals surface area (Å²) in [5.41, 5.74) is 1.44. The first-order valence-corrected chi connectivity index (χ1v) is 9.29. The smallest absolute Gasteiger partial charge is 0.186 e. The summed E-state index contributed by atoms with van der Waals surface area (Å²) in [6.07, 6.45) is 1.28. The third kappa shape index (κ3) is 3.08. The van der Waals surface area contributed by atoms with Crippen molar-refractivity contribution in [2.24, 2.45) is 0 Å². The summed E-state index contributed by atoms with van der Waals surface area (Å²) >= 11 is 3.43. The molecule has 0 aliphatic carbocycles. The van der Waals surface area contributed by atoms with Crippen LogP contribution in [0.4, 0.5) is 5.69 Å². The second-order valence-corrected chi connectivity index (χ2v) is 7.31. The minimum absolute atomic E-state index is 0.0218. The number of aliphatic hydroxyl groups is 1. The van der Waals surface area contributed by atoms with Crippen molar-refractivity contribution < 1.29 is 14.3 Å². The van der Waals surface area contributed by atoms with Crippen LogP contribution in [0.15, 0.2) is 81.9 Å². The minimum atomic E-state index is -0.760. The van der Waals surface area contributed by atoms with Crippen molar-refractivity contribution in [1.82, 2.24) is 0 Å². The first-order valence-electron chi connectivity index (χ1n) is 8.50. The van der Waals surface area contributed by atoms with Gasteiger partial charge in [0.05, 0.1) is 6.26 Å². The standard InChI is InChI=1S/C21H18BrNO3/c22-15-8-10-16(11-9-15)23-19(24)13-17(18-7-4-12-26-18)20(23)21(25)14-5-2-1-3-6-14/h1-12,17,19-20,24H,13H2/t17-,19+,20+/m0/s1. The van der Waals surface area contributed by atoms with Crippen LogP contribution in [-0.4, -0.2) is 23.2 Å². The first-order chi connectivity index (χ1) is 12.6. The topological polar surface area (TPSA) is 53.7 Å². The van der Waals surface area contributed by atoms with Crippen LogP contribution in [0.3, 0.4) is 0 Å². The maximum Gasteiger partial charge on any atom is 0.186 e. The molecule has 1 N–H and O–H groups in total. The van der Waals surface area contributed by atoms with Crippen molar-refractivity contribution >= 4 is 27.4 Å². The largest absolute Gasteiger partial charge is 0.469 e. The fourth-order valence-electron chi connectivity index (χ4n) is 3.65. The Morgan fingerprint density at radius 1 is 1.04 bits per heavy atom. The van der Waals surface area contributed by atoms with E-state index < -0.39 is 12.3 Å². The molecular formula is C21H18BrNO3. The highest BCUT2D eigenvalue weighted by Gasteiger charge is 2.46. The third-order valence-corrected chi connectivity index (χ3v) is 5.36. The number of rotatable bonds is 4. The van der Waals surface area contributed by atoms with Crippen molar-refractivity contribution in [2.75, 3.05) is 4.90 Å². The Balaban J connectivity index is 1.78. The van der Waals surface area contributed by atoms with Gasteiger partial charge in [-0.2, -0.15) is 0 Å². The number of Topliss-reactive ketones (excluding diaryl/α,β-unsaturated/α-hetero) is 1. The number of aliphatic hydroxyl groups excluding tert-OH is 1. The van der Waals surface area contributed by atoms with Crippen LogP contribution in [0.5, 0.6) is 0 Å². The summed E-state index contributed by atoms with van der Waals surface area (Å²) < 4.78 is 6.54. The lowest BCUT2D eigenvalue weighted by atomic mass is 9.90. The molecule has 0 spiro atoms. The van der Waals surface area contributed by atoms with Gasteiger partial charge in [-0.25, -0.2) is 0 Å². The molecule has 5 heteroatoms. The third-order valence-electron chi connectivity index (χ3n) is 4.83. The summed E-state index contributed by atoms with van der Waals surface area (Å²) in [5.74, 6) is 0.487. The van der Waals surface area contributed by atoms with E-state index in [9.17, 15) is 9.90 Å². The molecule has 0 saturated carbocycles. The SMILES string of the molecule is O=C(c1ccccc1)[C@H]1[C@H](c2ccco2)C[C@@H](O)N1c1ccc(Br)cc1. The number of anilines is 1. The van der Waals surface area contributed by atoms with Crippen molar-refractivity contribution in [3.8, 4) is 0 Å². The molecule has 1 saturated heterocycles. The van der Waals surface area contributed by atoms with Crippen molar-refractivity contribution in [2.45, 2.75) is 24.6 Å². The molecule has 26 heavy (non-hydrogen) atoms. The molecule has 0 unspecified atom stereocenters. The summed E-state index contributed by atoms with van der Waals surface area (Å²) in [6, 6.07) is 20.0. The number of benzene rings is 2. The van der Waals surface area contributed by atoms with Crippen LogP contribution >= 0.6 is 15.9 Å². The number of hydrogen-bond donors (Lipinski definition) is 1. The highest BCUT2D eigenvalue weighted by Crippen LogP contribution is 2.41. The van der Waals surface area contributed by atoms with E-state index in [4.69, 9.17) is 4.42 Å². The predicted octanol–water partition coefficient (Wildman–Crippen LogP) is 4.61. The molecular weight excluding hydrogens is 394 g/mol. The van der Waals surface area contributed by atoms with Gasteiger partial charge >= 0.3 is 0 Å². The Morgan fingerprint density at radius 3 is 2.42 bits per heavy atom. The van der Waals surface area contributed by atoms with Gasteiger partial charge < -0.3 is 14.4 Å². The Morgan fingerprint density at radius 2 is 1.77 bits per heavy atom. The molecule has 4 rings (SSSR count). The van der Waals surface area contributed by atoms with Crippen molar-refractivity contribution in [3.63, 3.8) is 0 Å². The molecule has 0 amide bonds. The number of ketones is 1. The zero-order valence-electron chi connectivity index (χ0n) is 14.0. The lowest BCUT2D eigenvalue weighted by Gasteiger charge is -2.30. The van der Waals surface area contributed by atoms with Gasteiger partial charge in [-0.15, -0.1) is 0 Å².